The number of hydrogen-bond donors (Lipinski definition) is 1. The molecule has 0 aliphatic carbocycles. The van der Waals surface area contributed by atoms with Crippen LogP contribution in [0, 0.1) is 6.92 Å². The number of anilines is 1. The molecule has 1 amide bonds. The molecule has 1 N–H and O–H groups in total. The van der Waals surface area contributed by atoms with Crippen LogP contribution in [0.25, 0.3) is 33.4 Å². The van der Waals surface area contributed by atoms with Crippen LogP contribution in [0.5, 0.6) is 0 Å². The topological polar surface area (TPSA) is 75.4 Å². The van der Waals surface area contributed by atoms with Gasteiger partial charge in [0.15, 0.2) is 0 Å². The number of aryl methyl sites for hydroxylation is 2. The lowest BCUT2D eigenvalue weighted by Gasteiger charge is -2.36. The van der Waals surface area contributed by atoms with Gasteiger partial charge in [0.1, 0.15) is 6.04 Å². The van der Waals surface area contributed by atoms with Crippen molar-refractivity contribution in [3.63, 3.8) is 0 Å². The predicted octanol–water partition coefficient (Wildman–Crippen LogP) is 5.66. The number of fused-ring (bicyclic) bond motifs is 1. The van der Waals surface area contributed by atoms with E-state index in [1.54, 1.807) is 16.2 Å². The number of allylic oxidation sites excluding steroid dienone is 1. The Morgan fingerprint density at radius 1 is 0.867 bits per heavy atom. The van der Waals surface area contributed by atoms with Crippen LogP contribution in [0.15, 0.2) is 102 Å². The third-order valence-electron chi connectivity index (χ3n) is 9.21. The summed E-state index contributed by atoms with van der Waals surface area (Å²) in [6.07, 6.45) is 3.25. The van der Waals surface area contributed by atoms with Crippen LogP contribution < -0.4 is 15.9 Å². The minimum absolute atomic E-state index is 0.175. The van der Waals surface area contributed by atoms with E-state index in [0.717, 1.165) is 66.1 Å². The van der Waals surface area contributed by atoms with Crippen molar-refractivity contribution in [1.29, 1.82) is 0 Å². The van der Waals surface area contributed by atoms with Crippen LogP contribution in [0.3, 0.4) is 0 Å². The molecule has 2 saturated heterocycles. The minimum atomic E-state index is -0.529. The molecule has 0 bridgehead atoms. The molecular formula is C37H38N6O2. The van der Waals surface area contributed by atoms with Crippen molar-refractivity contribution in [2.75, 3.05) is 31.1 Å². The number of benzene rings is 3. The number of rotatable bonds is 6. The third-order valence-corrected chi connectivity index (χ3v) is 9.21. The van der Waals surface area contributed by atoms with E-state index in [9.17, 15) is 9.59 Å². The Hall–Kier alpha value is -4.95. The molecule has 45 heavy (non-hydrogen) atoms. The summed E-state index contributed by atoms with van der Waals surface area (Å²) in [4.78, 5) is 35.5. The maximum atomic E-state index is 13.2. The Kier molecular flexibility index (Phi) is 7.59. The number of carbonyl (C=O) groups is 1. The van der Waals surface area contributed by atoms with Gasteiger partial charge in [-0.2, -0.15) is 0 Å². The van der Waals surface area contributed by atoms with E-state index in [0.29, 0.717) is 18.5 Å². The minimum Gasteiger partial charge on any atom is -0.369 e. The highest BCUT2D eigenvalue weighted by Gasteiger charge is 2.29. The molecule has 2 aliphatic rings. The second-order valence-corrected chi connectivity index (χ2v) is 12.3. The number of imidazole rings is 1. The molecule has 0 radical (unpaired) electrons. The SMILES string of the molecule is C=C1CCC(n2c(=O)n(C)c3cc(-c4ccc(N5CCN(Cc6ccc(-c7cccc(C)c7)nc6)CC5)cc4)ccc32)C(=O)N1. The molecule has 3 aromatic carbocycles. The highest BCUT2D eigenvalue weighted by molar-refractivity contribution is 5.88. The lowest BCUT2D eigenvalue weighted by Crippen LogP contribution is -2.45. The number of amides is 1. The number of carbonyl (C=O) groups excluding carboxylic acids is 1. The average molecular weight is 599 g/mol. The Bertz CT molecular complexity index is 1950. The van der Waals surface area contributed by atoms with Gasteiger partial charge in [-0.25, -0.2) is 4.79 Å². The Labute approximate surface area is 263 Å². The van der Waals surface area contributed by atoms with E-state index >= 15 is 0 Å². The van der Waals surface area contributed by atoms with Gasteiger partial charge in [0.2, 0.25) is 5.91 Å². The summed E-state index contributed by atoms with van der Waals surface area (Å²) < 4.78 is 3.26. The van der Waals surface area contributed by atoms with Crippen LogP contribution in [0.2, 0.25) is 0 Å². The molecule has 0 spiro atoms. The largest absolute Gasteiger partial charge is 0.369 e. The molecule has 1 unspecified atom stereocenters. The Balaban J connectivity index is 0.998. The zero-order valence-electron chi connectivity index (χ0n) is 25.9. The molecule has 1 atom stereocenters. The van der Waals surface area contributed by atoms with Crippen molar-refractivity contribution in [2.24, 2.45) is 7.05 Å². The van der Waals surface area contributed by atoms with Gasteiger partial charge in [-0.15, -0.1) is 0 Å². The number of piperidine rings is 1. The van der Waals surface area contributed by atoms with E-state index in [-0.39, 0.29) is 11.6 Å². The molecule has 0 saturated carbocycles. The average Bonchev–Trinajstić information content (AvgIpc) is 3.30. The van der Waals surface area contributed by atoms with Crippen molar-refractivity contribution in [3.05, 3.63) is 119 Å². The fourth-order valence-corrected chi connectivity index (χ4v) is 6.63. The Morgan fingerprint density at radius 2 is 1.64 bits per heavy atom. The lowest BCUT2D eigenvalue weighted by molar-refractivity contribution is -0.124. The quantitative estimate of drug-likeness (QED) is 0.273. The number of hydrogen-bond acceptors (Lipinski definition) is 5. The van der Waals surface area contributed by atoms with Gasteiger partial charge in [0.05, 0.1) is 16.7 Å². The van der Waals surface area contributed by atoms with Crippen molar-refractivity contribution in [3.8, 4) is 22.4 Å². The number of aromatic nitrogens is 3. The van der Waals surface area contributed by atoms with Crippen LogP contribution in [-0.2, 0) is 18.4 Å². The zero-order valence-corrected chi connectivity index (χ0v) is 25.9. The fraction of sp³-hybridized carbons (Fsp3) is 0.270. The van der Waals surface area contributed by atoms with Gasteiger partial charge in [-0.1, -0.05) is 54.6 Å². The van der Waals surface area contributed by atoms with Gasteiger partial charge < -0.3 is 10.2 Å². The monoisotopic (exact) mass is 598 g/mol. The van der Waals surface area contributed by atoms with Gasteiger partial charge in [-0.3, -0.25) is 23.8 Å². The van der Waals surface area contributed by atoms with E-state index in [4.69, 9.17) is 4.98 Å². The summed E-state index contributed by atoms with van der Waals surface area (Å²) in [7, 11) is 1.77. The second-order valence-electron chi connectivity index (χ2n) is 12.3. The van der Waals surface area contributed by atoms with Gasteiger partial charge in [-0.05, 0) is 72.9 Å². The summed E-state index contributed by atoms with van der Waals surface area (Å²) in [6.45, 7) is 10.8. The van der Waals surface area contributed by atoms with Crippen molar-refractivity contribution < 1.29 is 4.79 Å². The van der Waals surface area contributed by atoms with E-state index in [2.05, 4.69) is 89.3 Å². The molecule has 8 heteroatoms. The number of nitrogens with one attached hydrogen (secondary N) is 1. The second kappa shape index (κ2) is 11.9. The van der Waals surface area contributed by atoms with Crippen LogP contribution in [-0.4, -0.2) is 51.1 Å². The Morgan fingerprint density at radius 3 is 2.36 bits per heavy atom. The van der Waals surface area contributed by atoms with Crippen molar-refractivity contribution >= 4 is 22.6 Å². The normalized spacial score (nSPS) is 17.6. The number of pyridine rings is 1. The molecule has 8 nitrogen and oxygen atoms in total. The standard InChI is InChI=1S/C37H38N6O2/c1-25-5-4-6-30(21-25)32-14-8-27(23-38-32)24-41-17-19-42(20-18-41)31-12-9-28(10-13-31)29-11-16-33-35(22-29)40(3)37(45)43(33)34-15-7-26(2)39-36(34)44/h4-6,8-14,16,21-23,34H,2,7,15,17-20,24H2,1,3H3,(H,39,44). The number of piperazine rings is 1. The summed E-state index contributed by atoms with van der Waals surface area (Å²) in [5, 5.41) is 2.81. The van der Waals surface area contributed by atoms with Gasteiger partial charge in [0, 0.05) is 62.9 Å². The first-order chi connectivity index (χ1) is 21.8. The summed E-state index contributed by atoms with van der Waals surface area (Å²) in [5.41, 5.74) is 10.1. The molecule has 2 aliphatic heterocycles. The highest BCUT2D eigenvalue weighted by atomic mass is 16.2. The lowest BCUT2D eigenvalue weighted by atomic mass is 10.0. The van der Waals surface area contributed by atoms with E-state index < -0.39 is 6.04 Å². The maximum absolute atomic E-state index is 13.2. The smallest absolute Gasteiger partial charge is 0.329 e. The van der Waals surface area contributed by atoms with Gasteiger partial charge >= 0.3 is 5.69 Å². The highest BCUT2D eigenvalue weighted by Crippen LogP contribution is 2.30. The fourth-order valence-electron chi connectivity index (χ4n) is 6.63. The molecule has 4 heterocycles. The first kappa shape index (κ1) is 28.8. The zero-order chi connectivity index (χ0) is 31.1. The molecule has 228 valence electrons. The molecule has 2 fully saturated rings. The third kappa shape index (κ3) is 5.69. The van der Waals surface area contributed by atoms with Crippen LogP contribution in [0.1, 0.15) is 30.0 Å². The summed E-state index contributed by atoms with van der Waals surface area (Å²) in [5.74, 6) is -0.175. The maximum Gasteiger partial charge on any atom is 0.329 e. The molecule has 5 aromatic rings. The molecule has 2 aromatic heterocycles. The van der Waals surface area contributed by atoms with Crippen LogP contribution >= 0.6 is 0 Å². The van der Waals surface area contributed by atoms with E-state index in [1.807, 2.05) is 24.4 Å². The van der Waals surface area contributed by atoms with Crippen molar-refractivity contribution in [1.82, 2.24) is 24.3 Å². The first-order valence-electron chi connectivity index (χ1n) is 15.6. The predicted molar refractivity (Wildman–Crippen MR) is 180 cm³/mol. The summed E-state index contributed by atoms with van der Waals surface area (Å²) >= 11 is 0. The number of nitrogens with zero attached hydrogens (tertiary/aromatic N) is 5. The van der Waals surface area contributed by atoms with E-state index in [1.165, 1.54) is 16.8 Å². The molecule has 7 rings (SSSR count). The molecular weight excluding hydrogens is 560 g/mol. The van der Waals surface area contributed by atoms with Crippen molar-refractivity contribution in [2.45, 2.75) is 32.4 Å². The van der Waals surface area contributed by atoms with Crippen LogP contribution in [0.4, 0.5) is 5.69 Å². The summed E-state index contributed by atoms with van der Waals surface area (Å²) in [6, 6.07) is 27.0. The first-order valence-corrected chi connectivity index (χ1v) is 15.6. The van der Waals surface area contributed by atoms with Gasteiger partial charge in [0.25, 0.3) is 0 Å².